The van der Waals surface area contributed by atoms with Gasteiger partial charge in [0, 0.05) is 30.7 Å². The van der Waals surface area contributed by atoms with Gasteiger partial charge >= 0.3 is 6.18 Å². The third-order valence-corrected chi connectivity index (χ3v) is 4.35. The third kappa shape index (κ3) is 6.11. The summed E-state index contributed by atoms with van der Waals surface area (Å²) >= 11 is 0. The molecule has 2 rings (SSSR count). The first-order valence-corrected chi connectivity index (χ1v) is 8.82. The maximum Gasteiger partial charge on any atom is 0.417 e. The maximum atomic E-state index is 12.6. The highest BCUT2D eigenvalue weighted by molar-refractivity contribution is 5.87. The summed E-state index contributed by atoms with van der Waals surface area (Å²) in [5.74, 6) is 0.0461. The Bertz CT molecular complexity index is 661. The van der Waals surface area contributed by atoms with Gasteiger partial charge in [-0.25, -0.2) is 4.98 Å². The van der Waals surface area contributed by atoms with Crippen LogP contribution in [0.5, 0.6) is 0 Å². The van der Waals surface area contributed by atoms with Gasteiger partial charge in [0.25, 0.3) is 0 Å². The van der Waals surface area contributed by atoms with E-state index in [-0.39, 0.29) is 24.4 Å². The van der Waals surface area contributed by atoms with E-state index in [0.717, 1.165) is 12.3 Å². The lowest BCUT2D eigenvalue weighted by molar-refractivity contribution is -0.137. The number of halogens is 3. The second-order valence-electron chi connectivity index (χ2n) is 7.66. The van der Waals surface area contributed by atoms with E-state index in [1.54, 1.807) is 20.8 Å². The van der Waals surface area contributed by atoms with Crippen LogP contribution in [0.15, 0.2) is 18.3 Å². The van der Waals surface area contributed by atoms with Crippen molar-refractivity contribution in [3.63, 3.8) is 0 Å². The summed E-state index contributed by atoms with van der Waals surface area (Å²) in [6.07, 6.45) is -2.25. The molecule has 150 valence electrons. The maximum absolute atomic E-state index is 12.6. The highest BCUT2D eigenvalue weighted by Gasteiger charge is 2.31. The van der Waals surface area contributed by atoms with E-state index in [1.165, 1.54) is 6.07 Å². The number of nitrogens with zero attached hydrogens (tertiary/aromatic N) is 2. The number of pyridine rings is 1. The standard InChI is InChI=1S/C18H25F3N4O2/c1-17(2,3)16(27)23-11-15(26)24-13-6-8-25(9-7-13)14-5-4-12(10-22-14)18(19,20)21/h4-5,10,13H,6-9,11H2,1-3H3,(H,23,27)(H,24,26). The molecule has 1 saturated heterocycles. The Morgan fingerprint density at radius 3 is 2.30 bits per heavy atom. The quantitative estimate of drug-likeness (QED) is 0.833. The van der Waals surface area contributed by atoms with Crippen LogP contribution in [0, 0.1) is 5.41 Å². The lowest BCUT2D eigenvalue weighted by Crippen LogP contribution is -2.48. The van der Waals surface area contributed by atoms with Crippen LogP contribution >= 0.6 is 0 Å². The van der Waals surface area contributed by atoms with Crippen LogP contribution in [0.2, 0.25) is 0 Å². The number of anilines is 1. The molecular weight excluding hydrogens is 361 g/mol. The molecule has 1 fully saturated rings. The Labute approximate surface area is 156 Å². The number of amides is 2. The van der Waals surface area contributed by atoms with Gasteiger partial charge in [0.1, 0.15) is 5.82 Å². The fourth-order valence-corrected chi connectivity index (χ4v) is 2.70. The first kappa shape index (κ1) is 21.0. The minimum atomic E-state index is -4.40. The lowest BCUT2D eigenvalue weighted by Gasteiger charge is -2.33. The molecule has 1 aliphatic rings. The Balaban J connectivity index is 1.78. The van der Waals surface area contributed by atoms with Crippen LogP contribution in [-0.4, -0.2) is 42.5 Å². The van der Waals surface area contributed by atoms with E-state index in [1.807, 2.05) is 4.90 Å². The molecule has 1 aromatic heterocycles. The second-order valence-corrected chi connectivity index (χ2v) is 7.66. The fourth-order valence-electron chi connectivity index (χ4n) is 2.70. The molecule has 0 aliphatic carbocycles. The molecule has 2 amide bonds. The van der Waals surface area contributed by atoms with Gasteiger partial charge in [-0.15, -0.1) is 0 Å². The summed E-state index contributed by atoms with van der Waals surface area (Å²) in [5.41, 5.74) is -1.33. The normalized spacial score (nSPS) is 16.1. The average Bonchev–Trinajstić information content (AvgIpc) is 2.59. The molecule has 2 N–H and O–H groups in total. The van der Waals surface area contributed by atoms with E-state index in [2.05, 4.69) is 15.6 Å². The van der Waals surface area contributed by atoms with Crippen molar-refractivity contribution in [2.24, 2.45) is 5.41 Å². The Hall–Kier alpha value is -2.32. The molecule has 27 heavy (non-hydrogen) atoms. The van der Waals surface area contributed by atoms with Crippen LogP contribution in [0.4, 0.5) is 19.0 Å². The number of hydrogen-bond acceptors (Lipinski definition) is 4. The Kier molecular flexibility index (Phi) is 6.33. The Morgan fingerprint density at radius 2 is 1.81 bits per heavy atom. The highest BCUT2D eigenvalue weighted by atomic mass is 19.4. The molecule has 0 saturated carbocycles. The molecule has 0 atom stereocenters. The van der Waals surface area contributed by atoms with Crippen molar-refractivity contribution in [1.29, 1.82) is 0 Å². The third-order valence-electron chi connectivity index (χ3n) is 4.35. The summed E-state index contributed by atoms with van der Waals surface area (Å²) in [6.45, 7) is 6.40. The molecule has 1 aliphatic heterocycles. The van der Waals surface area contributed by atoms with Crippen molar-refractivity contribution in [2.75, 3.05) is 24.5 Å². The van der Waals surface area contributed by atoms with Crippen molar-refractivity contribution in [3.8, 4) is 0 Å². The Morgan fingerprint density at radius 1 is 1.19 bits per heavy atom. The van der Waals surface area contributed by atoms with Crippen molar-refractivity contribution in [1.82, 2.24) is 15.6 Å². The molecule has 9 heteroatoms. The minimum Gasteiger partial charge on any atom is -0.356 e. The number of rotatable bonds is 4. The van der Waals surface area contributed by atoms with Gasteiger partial charge < -0.3 is 15.5 Å². The number of carbonyl (C=O) groups is 2. The summed E-state index contributed by atoms with van der Waals surface area (Å²) in [4.78, 5) is 29.5. The molecule has 2 heterocycles. The molecule has 0 unspecified atom stereocenters. The largest absolute Gasteiger partial charge is 0.417 e. The van der Waals surface area contributed by atoms with E-state index in [9.17, 15) is 22.8 Å². The number of aromatic nitrogens is 1. The molecule has 6 nitrogen and oxygen atoms in total. The summed E-state index contributed by atoms with van der Waals surface area (Å²) < 4.78 is 37.8. The van der Waals surface area contributed by atoms with Crippen molar-refractivity contribution >= 4 is 17.6 Å². The zero-order valence-corrected chi connectivity index (χ0v) is 15.7. The number of carbonyl (C=O) groups excluding carboxylic acids is 2. The molecular formula is C18H25F3N4O2. The number of hydrogen-bond donors (Lipinski definition) is 2. The van der Waals surface area contributed by atoms with Gasteiger partial charge in [0.05, 0.1) is 12.1 Å². The second kappa shape index (κ2) is 8.14. The van der Waals surface area contributed by atoms with E-state index < -0.39 is 17.2 Å². The van der Waals surface area contributed by atoms with Crippen molar-refractivity contribution in [2.45, 2.75) is 45.8 Å². The first-order valence-electron chi connectivity index (χ1n) is 8.82. The lowest BCUT2D eigenvalue weighted by atomic mass is 9.96. The zero-order valence-electron chi connectivity index (χ0n) is 15.7. The van der Waals surface area contributed by atoms with Gasteiger partial charge in [-0.05, 0) is 25.0 Å². The van der Waals surface area contributed by atoms with Gasteiger partial charge in [-0.1, -0.05) is 20.8 Å². The van der Waals surface area contributed by atoms with Crippen LogP contribution in [0.25, 0.3) is 0 Å². The molecule has 1 aromatic rings. The zero-order chi connectivity index (χ0) is 20.2. The summed E-state index contributed by atoms with van der Waals surface area (Å²) in [7, 11) is 0. The van der Waals surface area contributed by atoms with Crippen LogP contribution in [0.1, 0.15) is 39.2 Å². The van der Waals surface area contributed by atoms with E-state index in [0.29, 0.717) is 31.7 Å². The van der Waals surface area contributed by atoms with Crippen LogP contribution in [0.3, 0.4) is 0 Å². The number of nitrogens with one attached hydrogen (secondary N) is 2. The minimum absolute atomic E-state index is 0.0327. The molecule has 0 spiro atoms. The summed E-state index contributed by atoms with van der Waals surface area (Å²) in [6, 6.07) is 2.35. The molecule has 0 radical (unpaired) electrons. The molecule has 0 aromatic carbocycles. The van der Waals surface area contributed by atoms with Gasteiger partial charge in [-0.2, -0.15) is 13.2 Å². The SMILES string of the molecule is CC(C)(C)C(=O)NCC(=O)NC1CCN(c2ccc(C(F)(F)F)cn2)CC1. The van der Waals surface area contributed by atoms with Gasteiger partial charge in [0.2, 0.25) is 11.8 Å². The van der Waals surface area contributed by atoms with Crippen LogP contribution in [-0.2, 0) is 15.8 Å². The predicted octanol–water partition coefficient (Wildman–Crippen LogP) is 2.35. The smallest absolute Gasteiger partial charge is 0.356 e. The average molecular weight is 386 g/mol. The van der Waals surface area contributed by atoms with E-state index >= 15 is 0 Å². The van der Waals surface area contributed by atoms with Crippen LogP contribution < -0.4 is 15.5 Å². The number of alkyl halides is 3. The first-order chi connectivity index (χ1) is 12.5. The molecule has 0 bridgehead atoms. The fraction of sp³-hybridized carbons (Fsp3) is 0.611. The van der Waals surface area contributed by atoms with Gasteiger partial charge in [0.15, 0.2) is 0 Å². The van der Waals surface area contributed by atoms with Crippen molar-refractivity contribution in [3.05, 3.63) is 23.9 Å². The van der Waals surface area contributed by atoms with Crippen molar-refractivity contribution < 1.29 is 22.8 Å². The monoisotopic (exact) mass is 386 g/mol. The number of piperidine rings is 1. The topological polar surface area (TPSA) is 74.3 Å². The highest BCUT2D eigenvalue weighted by Crippen LogP contribution is 2.29. The van der Waals surface area contributed by atoms with E-state index in [4.69, 9.17) is 0 Å². The van der Waals surface area contributed by atoms with Gasteiger partial charge in [-0.3, -0.25) is 9.59 Å². The summed E-state index contributed by atoms with van der Waals surface area (Å²) in [5, 5.41) is 5.48. The predicted molar refractivity (Wildman–Crippen MR) is 95.1 cm³/mol.